The molecule has 2 N–H and O–H groups in total. The molecule has 1 aliphatic rings. The van der Waals surface area contributed by atoms with Crippen molar-refractivity contribution in [2.24, 2.45) is 0 Å². The fraction of sp³-hybridized carbons (Fsp3) is 0.923. The molecule has 1 fully saturated rings. The molecule has 0 spiro atoms. The van der Waals surface area contributed by atoms with Gasteiger partial charge in [-0.25, -0.2) is 4.79 Å². The number of methoxy groups -OCH3 is 1. The summed E-state index contributed by atoms with van der Waals surface area (Å²) in [6, 6.07) is 0. The van der Waals surface area contributed by atoms with E-state index in [-0.39, 0.29) is 11.7 Å². The molecule has 0 bridgehead atoms. The van der Waals surface area contributed by atoms with Gasteiger partial charge in [-0.1, -0.05) is 0 Å². The Morgan fingerprint density at radius 3 is 2.44 bits per heavy atom. The molecule has 0 aliphatic carbocycles. The Bertz CT molecular complexity index is 268. The summed E-state index contributed by atoms with van der Waals surface area (Å²) in [6.45, 7) is 8.10. The summed E-state index contributed by atoms with van der Waals surface area (Å²) in [5, 5.41) is 6.10. The highest BCUT2D eigenvalue weighted by Gasteiger charge is 2.31. The molecule has 1 aliphatic heterocycles. The number of carbonyl (C=O) groups is 1. The van der Waals surface area contributed by atoms with Gasteiger partial charge in [-0.3, -0.25) is 0 Å². The van der Waals surface area contributed by atoms with Crippen LogP contribution in [-0.2, 0) is 9.47 Å². The van der Waals surface area contributed by atoms with Crippen LogP contribution in [0.25, 0.3) is 0 Å². The maximum atomic E-state index is 11.5. The van der Waals surface area contributed by atoms with Crippen LogP contribution >= 0.6 is 0 Å². The molecule has 106 valence electrons. The molecule has 0 saturated carbocycles. The number of piperidine rings is 1. The Labute approximate surface area is 110 Å². The zero-order chi connectivity index (χ0) is 13.6. The van der Waals surface area contributed by atoms with Crippen LogP contribution in [0.4, 0.5) is 4.79 Å². The van der Waals surface area contributed by atoms with Crippen LogP contribution in [0, 0.1) is 0 Å². The fourth-order valence-corrected chi connectivity index (χ4v) is 2.15. The molecule has 0 radical (unpaired) electrons. The SMILES string of the molecule is COC1(CCNC(=O)OC(C)(C)C)CCNCC1. The monoisotopic (exact) mass is 258 g/mol. The normalized spacial score (nSPS) is 19.3. The minimum absolute atomic E-state index is 0.0970. The molecule has 18 heavy (non-hydrogen) atoms. The average Bonchev–Trinajstić information content (AvgIpc) is 2.28. The third-order valence-electron chi connectivity index (χ3n) is 3.20. The minimum Gasteiger partial charge on any atom is -0.444 e. The van der Waals surface area contributed by atoms with Crippen LogP contribution in [-0.4, -0.2) is 44.0 Å². The number of hydrogen-bond acceptors (Lipinski definition) is 4. The van der Waals surface area contributed by atoms with E-state index in [1.165, 1.54) is 0 Å². The molecule has 1 rings (SSSR count). The standard InChI is InChI=1S/C13H26N2O3/c1-12(2,3)18-11(16)15-10-7-13(17-4)5-8-14-9-6-13/h14H,5-10H2,1-4H3,(H,15,16). The number of carbonyl (C=O) groups excluding carboxylic acids is 1. The minimum atomic E-state index is -0.447. The summed E-state index contributed by atoms with van der Waals surface area (Å²) in [4.78, 5) is 11.5. The Morgan fingerprint density at radius 2 is 1.94 bits per heavy atom. The number of nitrogens with one attached hydrogen (secondary N) is 2. The molecular formula is C13H26N2O3. The van der Waals surface area contributed by atoms with Crippen molar-refractivity contribution in [3.05, 3.63) is 0 Å². The van der Waals surface area contributed by atoms with Crippen molar-refractivity contribution in [1.29, 1.82) is 0 Å². The van der Waals surface area contributed by atoms with Crippen molar-refractivity contribution >= 4 is 6.09 Å². The highest BCUT2D eigenvalue weighted by Crippen LogP contribution is 2.25. The second kappa shape index (κ2) is 6.38. The van der Waals surface area contributed by atoms with Crippen LogP contribution in [0.3, 0.4) is 0 Å². The molecule has 0 unspecified atom stereocenters. The summed E-state index contributed by atoms with van der Waals surface area (Å²) in [6.07, 6.45) is 2.44. The second-order valence-electron chi connectivity index (χ2n) is 5.82. The molecule has 5 heteroatoms. The van der Waals surface area contributed by atoms with E-state index >= 15 is 0 Å². The van der Waals surface area contributed by atoms with Gasteiger partial charge in [0.15, 0.2) is 0 Å². The van der Waals surface area contributed by atoms with Crippen LogP contribution < -0.4 is 10.6 Å². The van der Waals surface area contributed by atoms with Crippen LogP contribution in [0.5, 0.6) is 0 Å². The van der Waals surface area contributed by atoms with Gasteiger partial charge in [-0.05, 0) is 53.1 Å². The van der Waals surface area contributed by atoms with Crippen molar-refractivity contribution in [2.45, 2.75) is 51.2 Å². The van der Waals surface area contributed by atoms with E-state index in [1.807, 2.05) is 20.8 Å². The summed E-state index contributed by atoms with van der Waals surface area (Å²) >= 11 is 0. The first-order chi connectivity index (χ1) is 8.37. The zero-order valence-electron chi connectivity index (χ0n) is 12.0. The first-order valence-corrected chi connectivity index (χ1v) is 6.60. The lowest BCUT2D eigenvalue weighted by Gasteiger charge is -2.36. The summed E-state index contributed by atoms with van der Waals surface area (Å²) in [5.41, 5.74) is -0.544. The lowest BCUT2D eigenvalue weighted by Crippen LogP contribution is -2.45. The molecule has 1 amide bonds. The number of amides is 1. The number of ether oxygens (including phenoxy) is 2. The summed E-state index contributed by atoms with van der Waals surface area (Å²) < 4.78 is 10.8. The molecule has 5 nitrogen and oxygen atoms in total. The topological polar surface area (TPSA) is 59.6 Å². The second-order valence-corrected chi connectivity index (χ2v) is 5.82. The van der Waals surface area contributed by atoms with E-state index in [0.717, 1.165) is 32.4 Å². The first kappa shape index (κ1) is 15.2. The van der Waals surface area contributed by atoms with Gasteiger partial charge in [-0.15, -0.1) is 0 Å². The van der Waals surface area contributed by atoms with Crippen molar-refractivity contribution < 1.29 is 14.3 Å². The van der Waals surface area contributed by atoms with Crippen LogP contribution in [0.15, 0.2) is 0 Å². The molecular weight excluding hydrogens is 232 g/mol. The number of rotatable bonds is 4. The van der Waals surface area contributed by atoms with E-state index in [2.05, 4.69) is 10.6 Å². The molecule has 0 atom stereocenters. The maximum absolute atomic E-state index is 11.5. The fourth-order valence-electron chi connectivity index (χ4n) is 2.15. The number of hydrogen-bond donors (Lipinski definition) is 2. The summed E-state index contributed by atoms with van der Waals surface area (Å²) in [7, 11) is 1.75. The molecule has 0 aromatic rings. The highest BCUT2D eigenvalue weighted by atomic mass is 16.6. The van der Waals surface area contributed by atoms with E-state index in [9.17, 15) is 4.79 Å². The van der Waals surface area contributed by atoms with Gasteiger partial charge in [-0.2, -0.15) is 0 Å². The Balaban J connectivity index is 2.29. The zero-order valence-corrected chi connectivity index (χ0v) is 12.0. The van der Waals surface area contributed by atoms with Crippen molar-refractivity contribution in [1.82, 2.24) is 10.6 Å². The third-order valence-corrected chi connectivity index (χ3v) is 3.20. The molecule has 0 aromatic carbocycles. The predicted molar refractivity (Wildman–Crippen MR) is 70.7 cm³/mol. The lowest BCUT2D eigenvalue weighted by atomic mass is 9.89. The highest BCUT2D eigenvalue weighted by molar-refractivity contribution is 5.67. The van der Waals surface area contributed by atoms with Gasteiger partial charge < -0.3 is 20.1 Å². The maximum Gasteiger partial charge on any atom is 0.407 e. The van der Waals surface area contributed by atoms with Gasteiger partial charge in [0.05, 0.1) is 5.60 Å². The van der Waals surface area contributed by atoms with E-state index in [4.69, 9.17) is 9.47 Å². The van der Waals surface area contributed by atoms with Gasteiger partial charge >= 0.3 is 6.09 Å². The Hall–Kier alpha value is -0.810. The predicted octanol–water partition coefficient (Wildman–Crippen LogP) is 1.67. The number of alkyl carbamates (subject to hydrolysis) is 1. The summed E-state index contributed by atoms with van der Waals surface area (Å²) in [5.74, 6) is 0. The largest absolute Gasteiger partial charge is 0.444 e. The lowest BCUT2D eigenvalue weighted by molar-refractivity contribution is -0.0400. The Morgan fingerprint density at radius 1 is 1.33 bits per heavy atom. The van der Waals surface area contributed by atoms with E-state index in [0.29, 0.717) is 6.54 Å². The van der Waals surface area contributed by atoms with Crippen LogP contribution in [0.1, 0.15) is 40.0 Å². The van der Waals surface area contributed by atoms with Crippen molar-refractivity contribution in [3.63, 3.8) is 0 Å². The van der Waals surface area contributed by atoms with Gasteiger partial charge in [0.1, 0.15) is 5.60 Å². The smallest absolute Gasteiger partial charge is 0.407 e. The molecule has 0 aromatic heterocycles. The Kier molecular flexibility index (Phi) is 5.41. The van der Waals surface area contributed by atoms with Crippen LogP contribution in [0.2, 0.25) is 0 Å². The van der Waals surface area contributed by atoms with Crippen molar-refractivity contribution in [2.75, 3.05) is 26.7 Å². The first-order valence-electron chi connectivity index (χ1n) is 6.60. The molecule has 1 heterocycles. The average molecular weight is 258 g/mol. The third kappa shape index (κ3) is 5.23. The van der Waals surface area contributed by atoms with Gasteiger partial charge in [0.25, 0.3) is 0 Å². The van der Waals surface area contributed by atoms with E-state index in [1.54, 1.807) is 7.11 Å². The molecule has 1 saturated heterocycles. The van der Waals surface area contributed by atoms with Crippen molar-refractivity contribution in [3.8, 4) is 0 Å². The van der Waals surface area contributed by atoms with E-state index < -0.39 is 5.60 Å². The van der Waals surface area contributed by atoms with Gasteiger partial charge in [0.2, 0.25) is 0 Å². The quantitative estimate of drug-likeness (QED) is 0.805. The van der Waals surface area contributed by atoms with Gasteiger partial charge in [0, 0.05) is 13.7 Å².